The van der Waals surface area contributed by atoms with E-state index in [0.29, 0.717) is 18.7 Å². The maximum atomic E-state index is 12.8. The van der Waals surface area contributed by atoms with Crippen LogP contribution in [0.3, 0.4) is 0 Å². The summed E-state index contributed by atoms with van der Waals surface area (Å²) < 4.78 is 6.14. The second-order valence-corrected chi connectivity index (χ2v) is 8.69. The number of hydrogen-bond acceptors (Lipinski definition) is 4. The molecule has 0 spiro atoms. The zero-order valence-electron chi connectivity index (χ0n) is 19.0. The van der Waals surface area contributed by atoms with E-state index in [1.54, 1.807) is 0 Å². The molecule has 168 valence electrons. The highest BCUT2D eigenvalue weighted by Gasteiger charge is 2.13. The lowest BCUT2D eigenvalue weighted by atomic mass is 9.99. The molecule has 4 rings (SSSR count). The first-order valence-electron chi connectivity index (χ1n) is 11.4. The van der Waals surface area contributed by atoms with E-state index in [0.717, 1.165) is 55.1 Å². The van der Waals surface area contributed by atoms with Crippen molar-refractivity contribution in [2.75, 3.05) is 20.2 Å². The molecule has 1 aliphatic rings. The Labute approximate surface area is 190 Å². The van der Waals surface area contributed by atoms with E-state index in [9.17, 15) is 4.79 Å². The number of nitrogens with zero attached hydrogens (tertiary/aromatic N) is 2. The number of carbonyl (C=O) groups is 1. The van der Waals surface area contributed by atoms with Crippen LogP contribution in [0.4, 0.5) is 0 Å². The fourth-order valence-electron chi connectivity index (χ4n) is 4.13. The first-order chi connectivity index (χ1) is 15.6. The monoisotopic (exact) mass is 432 g/mol. The maximum Gasteiger partial charge on any atom is 0.251 e. The average Bonchev–Trinajstić information content (AvgIpc) is 3.20. The summed E-state index contributed by atoms with van der Waals surface area (Å²) in [5, 5.41) is 10.0. The van der Waals surface area contributed by atoms with E-state index < -0.39 is 0 Å². The number of H-pyrrole nitrogens is 1. The standard InChI is InChI=1S/C26H32N4O2/c1-19-13-24(29-28-19)17-27-26(31)22-9-10-25-23(16-22)15-20-7-6-8-21(14-20)18-30(2)11-4-3-5-12-32-25/h6-10,13-14,16H,3-5,11-12,15,17-18H2,1-2H3,(H,27,31)(H,28,29). The topological polar surface area (TPSA) is 70.2 Å². The Balaban J connectivity index is 1.55. The summed E-state index contributed by atoms with van der Waals surface area (Å²) in [5.74, 6) is 0.757. The number of nitrogens with one attached hydrogen (secondary N) is 2. The van der Waals surface area contributed by atoms with E-state index in [1.807, 2.05) is 31.2 Å². The summed E-state index contributed by atoms with van der Waals surface area (Å²) >= 11 is 0. The van der Waals surface area contributed by atoms with Gasteiger partial charge in [0.15, 0.2) is 0 Å². The van der Waals surface area contributed by atoms with Gasteiger partial charge in [-0.3, -0.25) is 9.89 Å². The number of benzene rings is 2. The number of ether oxygens (including phenoxy) is 1. The van der Waals surface area contributed by atoms with Gasteiger partial charge in [-0.25, -0.2) is 0 Å². The van der Waals surface area contributed by atoms with Gasteiger partial charge < -0.3 is 15.0 Å². The smallest absolute Gasteiger partial charge is 0.251 e. The number of fused-ring (bicyclic) bond motifs is 3. The average molecular weight is 433 g/mol. The van der Waals surface area contributed by atoms with Crippen molar-refractivity contribution in [1.29, 1.82) is 0 Å². The molecule has 0 atom stereocenters. The molecule has 32 heavy (non-hydrogen) atoms. The SMILES string of the molecule is Cc1cc(CNC(=O)c2ccc3c(c2)Cc2cccc(c2)CN(C)CCCCCO3)n[nH]1. The highest BCUT2D eigenvalue weighted by molar-refractivity contribution is 5.94. The zero-order chi connectivity index (χ0) is 22.3. The number of aryl methyl sites for hydroxylation is 1. The van der Waals surface area contributed by atoms with Crippen molar-refractivity contribution >= 4 is 5.91 Å². The lowest BCUT2D eigenvalue weighted by Crippen LogP contribution is -2.23. The highest BCUT2D eigenvalue weighted by atomic mass is 16.5. The molecule has 0 unspecified atom stereocenters. The van der Waals surface area contributed by atoms with Crippen molar-refractivity contribution in [2.24, 2.45) is 0 Å². The van der Waals surface area contributed by atoms with Gasteiger partial charge >= 0.3 is 0 Å². The van der Waals surface area contributed by atoms with Gasteiger partial charge in [0.05, 0.1) is 18.8 Å². The lowest BCUT2D eigenvalue weighted by Gasteiger charge is -2.19. The van der Waals surface area contributed by atoms with Crippen molar-refractivity contribution in [1.82, 2.24) is 20.4 Å². The summed E-state index contributed by atoms with van der Waals surface area (Å²) in [6.07, 6.45) is 4.07. The summed E-state index contributed by atoms with van der Waals surface area (Å²) in [6, 6.07) is 16.4. The van der Waals surface area contributed by atoms with Crippen molar-refractivity contribution in [3.63, 3.8) is 0 Å². The Kier molecular flexibility index (Phi) is 7.22. The Morgan fingerprint density at radius 2 is 2.00 bits per heavy atom. The van der Waals surface area contributed by atoms with Crippen LogP contribution in [0, 0.1) is 6.92 Å². The molecule has 0 aliphatic carbocycles. The third-order valence-corrected chi connectivity index (χ3v) is 5.79. The molecular formula is C26H32N4O2. The number of aromatic nitrogens is 2. The van der Waals surface area contributed by atoms with Crippen LogP contribution in [0.2, 0.25) is 0 Å². The van der Waals surface area contributed by atoms with Crippen LogP contribution >= 0.6 is 0 Å². The molecule has 2 bridgehead atoms. The summed E-state index contributed by atoms with van der Waals surface area (Å²) in [6.45, 7) is 5.08. The van der Waals surface area contributed by atoms with Crippen LogP contribution in [0.1, 0.15) is 57.7 Å². The highest BCUT2D eigenvalue weighted by Crippen LogP contribution is 2.25. The predicted molar refractivity (Wildman–Crippen MR) is 126 cm³/mol. The minimum Gasteiger partial charge on any atom is -0.493 e. The Bertz CT molecular complexity index is 1060. The predicted octanol–water partition coefficient (Wildman–Crippen LogP) is 4.23. The number of aromatic amines is 1. The number of carbonyl (C=O) groups excluding carboxylic acids is 1. The fraction of sp³-hybridized carbons (Fsp3) is 0.385. The number of amides is 1. The molecular weight excluding hydrogens is 400 g/mol. The molecule has 6 heteroatoms. The van der Waals surface area contributed by atoms with Gasteiger partial charge in [0.25, 0.3) is 5.91 Å². The van der Waals surface area contributed by atoms with Crippen molar-refractivity contribution in [3.8, 4) is 5.75 Å². The first-order valence-corrected chi connectivity index (χ1v) is 11.4. The van der Waals surface area contributed by atoms with Gasteiger partial charge in [-0.1, -0.05) is 24.3 Å². The van der Waals surface area contributed by atoms with E-state index >= 15 is 0 Å². The van der Waals surface area contributed by atoms with Crippen LogP contribution in [0.5, 0.6) is 5.75 Å². The minimum absolute atomic E-state index is 0.108. The Morgan fingerprint density at radius 1 is 1.12 bits per heavy atom. The molecule has 0 fully saturated rings. The molecule has 6 nitrogen and oxygen atoms in total. The lowest BCUT2D eigenvalue weighted by molar-refractivity contribution is 0.0950. The molecule has 1 amide bonds. The molecule has 1 aliphatic heterocycles. The summed E-state index contributed by atoms with van der Waals surface area (Å²) in [5.41, 5.74) is 6.01. The first kappa shape index (κ1) is 22.1. The number of hydrogen-bond donors (Lipinski definition) is 2. The van der Waals surface area contributed by atoms with Crippen LogP contribution < -0.4 is 10.1 Å². The molecule has 0 saturated carbocycles. The molecule has 0 saturated heterocycles. The van der Waals surface area contributed by atoms with E-state index in [1.165, 1.54) is 17.5 Å². The molecule has 2 aromatic carbocycles. The second-order valence-electron chi connectivity index (χ2n) is 8.69. The van der Waals surface area contributed by atoms with Crippen molar-refractivity contribution < 1.29 is 9.53 Å². The normalized spacial score (nSPS) is 15.3. The molecule has 1 aromatic heterocycles. The van der Waals surface area contributed by atoms with Crippen LogP contribution in [-0.2, 0) is 19.5 Å². The zero-order valence-corrected chi connectivity index (χ0v) is 19.0. The quantitative estimate of drug-likeness (QED) is 0.650. The van der Waals surface area contributed by atoms with Gasteiger partial charge in [-0.15, -0.1) is 0 Å². The molecule has 0 radical (unpaired) electrons. The third-order valence-electron chi connectivity index (χ3n) is 5.79. The third kappa shape index (κ3) is 5.98. The summed E-state index contributed by atoms with van der Waals surface area (Å²) in [7, 11) is 2.18. The minimum atomic E-state index is -0.108. The van der Waals surface area contributed by atoms with Crippen molar-refractivity contribution in [2.45, 2.75) is 45.7 Å². The Morgan fingerprint density at radius 3 is 2.84 bits per heavy atom. The Hall–Kier alpha value is -3.12. The number of rotatable bonds is 3. The summed E-state index contributed by atoms with van der Waals surface area (Å²) in [4.78, 5) is 15.2. The van der Waals surface area contributed by atoms with Gasteiger partial charge in [-0.2, -0.15) is 5.10 Å². The molecule has 2 heterocycles. The van der Waals surface area contributed by atoms with Crippen LogP contribution in [-0.4, -0.2) is 41.2 Å². The van der Waals surface area contributed by atoms with Crippen LogP contribution in [0.15, 0.2) is 48.5 Å². The largest absolute Gasteiger partial charge is 0.493 e. The molecule has 2 N–H and O–H groups in total. The van der Waals surface area contributed by atoms with Gasteiger partial charge in [0, 0.05) is 24.2 Å². The fourth-order valence-corrected chi connectivity index (χ4v) is 4.13. The molecule has 3 aromatic rings. The van der Waals surface area contributed by atoms with E-state index in [2.05, 4.69) is 51.7 Å². The van der Waals surface area contributed by atoms with Crippen molar-refractivity contribution in [3.05, 3.63) is 82.2 Å². The second kappa shape index (κ2) is 10.5. The van der Waals surface area contributed by atoms with Crippen LogP contribution in [0.25, 0.3) is 0 Å². The van der Waals surface area contributed by atoms with E-state index in [-0.39, 0.29) is 5.91 Å². The van der Waals surface area contributed by atoms with E-state index in [4.69, 9.17) is 4.74 Å². The maximum absolute atomic E-state index is 12.8. The van der Waals surface area contributed by atoms with Gasteiger partial charge in [0.2, 0.25) is 0 Å². The van der Waals surface area contributed by atoms with Gasteiger partial charge in [-0.05, 0) is 80.7 Å². The van der Waals surface area contributed by atoms with Gasteiger partial charge in [0.1, 0.15) is 5.75 Å².